The molecular weight excluding hydrogens is 338 g/mol. The zero-order chi connectivity index (χ0) is 18.0. The summed E-state index contributed by atoms with van der Waals surface area (Å²) < 4.78 is 5.24. The Morgan fingerprint density at radius 3 is 2.62 bits per heavy atom. The highest BCUT2D eigenvalue weighted by atomic mass is 35.5. The van der Waals surface area contributed by atoms with Crippen LogP contribution in [-0.2, 0) is 0 Å². The van der Waals surface area contributed by atoms with Crippen LogP contribution >= 0.6 is 11.6 Å². The van der Waals surface area contributed by atoms with Crippen molar-refractivity contribution in [2.75, 3.05) is 5.32 Å². The lowest BCUT2D eigenvalue weighted by Crippen LogP contribution is -2.14. The second kappa shape index (κ2) is 6.52. The first-order valence-electron chi connectivity index (χ1n) is 6.56. The fourth-order valence-corrected chi connectivity index (χ4v) is 2.35. The van der Waals surface area contributed by atoms with E-state index in [0.717, 1.165) is 6.07 Å². The first kappa shape index (κ1) is 17.2. The predicted molar refractivity (Wildman–Crippen MR) is 84.2 cm³/mol. The number of carbonyl (C=O) groups is 2. The van der Waals surface area contributed by atoms with Gasteiger partial charge in [0.05, 0.1) is 10.5 Å². The molecule has 0 unspecified atom stereocenters. The first-order chi connectivity index (χ1) is 11.3. The Morgan fingerprint density at radius 1 is 1.42 bits per heavy atom. The van der Waals surface area contributed by atoms with Crippen LogP contribution < -0.4 is 5.32 Å². The second-order valence-corrected chi connectivity index (χ2v) is 5.21. The van der Waals surface area contributed by atoms with Crippen LogP contribution in [0.5, 0.6) is 0 Å². The van der Waals surface area contributed by atoms with Crippen LogP contribution in [0.25, 0.3) is 0 Å². The molecular formula is C15H10ClN3O5. The molecule has 0 radical (unpaired) electrons. The third kappa shape index (κ3) is 3.11. The summed E-state index contributed by atoms with van der Waals surface area (Å²) in [6.07, 6.45) is 0. The van der Waals surface area contributed by atoms with E-state index < -0.39 is 22.3 Å². The van der Waals surface area contributed by atoms with Crippen LogP contribution in [0.1, 0.15) is 39.0 Å². The van der Waals surface area contributed by atoms with E-state index in [9.17, 15) is 25.0 Å². The number of carbonyl (C=O) groups excluding carboxylic acids is 2. The highest BCUT2D eigenvalue weighted by Crippen LogP contribution is 2.29. The first-order valence-corrected chi connectivity index (χ1v) is 6.93. The maximum atomic E-state index is 12.3. The summed E-state index contributed by atoms with van der Waals surface area (Å²) >= 11 is 5.70. The van der Waals surface area contributed by atoms with E-state index in [1.807, 2.05) is 0 Å². The molecule has 0 aliphatic heterocycles. The van der Waals surface area contributed by atoms with Crippen molar-refractivity contribution in [3.8, 4) is 6.07 Å². The van der Waals surface area contributed by atoms with Gasteiger partial charge in [0.2, 0.25) is 5.88 Å². The summed E-state index contributed by atoms with van der Waals surface area (Å²) in [6.45, 7) is 2.73. The van der Waals surface area contributed by atoms with Crippen LogP contribution in [0.2, 0.25) is 5.02 Å². The Hall–Kier alpha value is -3.18. The minimum absolute atomic E-state index is 0.0541. The largest absolute Gasteiger partial charge is 0.443 e. The third-order valence-electron chi connectivity index (χ3n) is 3.18. The molecule has 0 bridgehead atoms. The maximum absolute atomic E-state index is 12.3. The zero-order valence-corrected chi connectivity index (χ0v) is 13.3. The Bertz CT molecular complexity index is 911. The van der Waals surface area contributed by atoms with Crippen LogP contribution in [0, 0.1) is 28.4 Å². The predicted octanol–water partition coefficient (Wildman–Crippen LogP) is 3.48. The average molecular weight is 348 g/mol. The van der Waals surface area contributed by atoms with Gasteiger partial charge < -0.3 is 4.42 Å². The molecule has 1 aromatic carbocycles. The number of hydrogen-bond donors (Lipinski definition) is 1. The number of rotatable bonds is 4. The molecule has 24 heavy (non-hydrogen) atoms. The minimum atomic E-state index is -0.862. The highest BCUT2D eigenvalue weighted by molar-refractivity contribution is 6.31. The van der Waals surface area contributed by atoms with Gasteiger partial charge >= 0.3 is 0 Å². The Balaban J connectivity index is 2.46. The van der Waals surface area contributed by atoms with Gasteiger partial charge in [0.1, 0.15) is 23.0 Å². The number of hydrogen-bond acceptors (Lipinski definition) is 6. The smallest absolute Gasteiger partial charge is 0.283 e. The monoisotopic (exact) mass is 347 g/mol. The Labute approximate surface area is 140 Å². The van der Waals surface area contributed by atoms with Gasteiger partial charge in [0.25, 0.3) is 11.6 Å². The molecule has 1 aromatic heterocycles. The molecule has 1 heterocycles. The number of benzene rings is 1. The van der Waals surface area contributed by atoms with Crippen molar-refractivity contribution in [1.82, 2.24) is 0 Å². The van der Waals surface area contributed by atoms with Crippen molar-refractivity contribution in [3.63, 3.8) is 0 Å². The molecule has 0 fully saturated rings. The summed E-state index contributed by atoms with van der Waals surface area (Å²) in [7, 11) is 0. The van der Waals surface area contributed by atoms with Crippen LogP contribution in [0.3, 0.4) is 0 Å². The number of amides is 1. The molecule has 2 aromatic rings. The van der Waals surface area contributed by atoms with Crippen LogP contribution in [-0.4, -0.2) is 16.6 Å². The van der Waals surface area contributed by atoms with E-state index in [1.54, 1.807) is 6.07 Å². The number of nitrogens with one attached hydrogen (secondary N) is 1. The van der Waals surface area contributed by atoms with Gasteiger partial charge in [-0.05, 0) is 26.0 Å². The molecule has 1 amide bonds. The standard InChI is InChI=1S/C15H10ClN3O5/c1-7(20)13-8(2)24-15(11(13)6-17)18-14(21)10-4-3-9(16)5-12(10)19(22)23/h3-5H,1-2H3,(H,18,21). The fourth-order valence-electron chi connectivity index (χ4n) is 2.18. The van der Waals surface area contributed by atoms with Crippen LogP contribution in [0.15, 0.2) is 22.6 Å². The molecule has 2 rings (SSSR count). The van der Waals surface area contributed by atoms with E-state index in [-0.39, 0.29) is 33.4 Å². The third-order valence-corrected chi connectivity index (χ3v) is 3.41. The summed E-state index contributed by atoms with van der Waals surface area (Å²) in [6, 6.07) is 5.33. The number of aryl methyl sites for hydroxylation is 1. The number of nitro benzene ring substituents is 1. The molecule has 9 heteroatoms. The second-order valence-electron chi connectivity index (χ2n) is 4.78. The number of nitriles is 1. The summed E-state index contributed by atoms with van der Waals surface area (Å²) in [5.41, 5.74) is -0.830. The van der Waals surface area contributed by atoms with Gasteiger partial charge in [-0.2, -0.15) is 5.26 Å². The zero-order valence-electron chi connectivity index (χ0n) is 12.5. The quantitative estimate of drug-likeness (QED) is 0.512. The van der Waals surface area contributed by atoms with Gasteiger partial charge in [-0.25, -0.2) is 0 Å². The van der Waals surface area contributed by atoms with Crippen molar-refractivity contribution < 1.29 is 18.9 Å². The van der Waals surface area contributed by atoms with Crippen molar-refractivity contribution in [2.24, 2.45) is 0 Å². The maximum Gasteiger partial charge on any atom is 0.283 e. The van der Waals surface area contributed by atoms with Gasteiger partial charge in [0.15, 0.2) is 5.78 Å². The van der Waals surface area contributed by atoms with E-state index in [2.05, 4.69) is 5.32 Å². The van der Waals surface area contributed by atoms with Gasteiger partial charge in [-0.3, -0.25) is 25.0 Å². The van der Waals surface area contributed by atoms with Crippen molar-refractivity contribution in [2.45, 2.75) is 13.8 Å². The molecule has 0 spiro atoms. The lowest BCUT2D eigenvalue weighted by Gasteiger charge is -2.04. The van der Waals surface area contributed by atoms with Gasteiger partial charge in [-0.15, -0.1) is 0 Å². The van der Waals surface area contributed by atoms with E-state index in [4.69, 9.17) is 16.0 Å². The lowest BCUT2D eigenvalue weighted by atomic mass is 10.1. The Morgan fingerprint density at radius 2 is 2.08 bits per heavy atom. The van der Waals surface area contributed by atoms with E-state index in [0.29, 0.717) is 0 Å². The SMILES string of the molecule is CC(=O)c1c(C)oc(NC(=O)c2ccc(Cl)cc2[N+](=O)[O-])c1C#N. The minimum Gasteiger partial charge on any atom is -0.443 e. The number of Topliss-reactive ketones (excluding diaryl/α,β-unsaturated/α-hetero) is 1. The van der Waals surface area contributed by atoms with Crippen molar-refractivity contribution in [3.05, 3.63) is 55.8 Å². The number of nitrogens with zero attached hydrogens (tertiary/aromatic N) is 2. The molecule has 0 saturated heterocycles. The number of halogens is 1. The average Bonchev–Trinajstić information content (AvgIpc) is 2.82. The van der Waals surface area contributed by atoms with Gasteiger partial charge in [-0.1, -0.05) is 11.6 Å². The molecule has 1 N–H and O–H groups in total. The van der Waals surface area contributed by atoms with Crippen molar-refractivity contribution >= 4 is 34.9 Å². The van der Waals surface area contributed by atoms with Crippen LogP contribution in [0.4, 0.5) is 11.6 Å². The summed E-state index contributed by atoms with van der Waals surface area (Å²) in [5, 5.41) is 22.6. The fraction of sp³-hybridized carbons (Fsp3) is 0.133. The number of furan rings is 1. The van der Waals surface area contributed by atoms with Crippen molar-refractivity contribution in [1.29, 1.82) is 5.26 Å². The lowest BCUT2D eigenvalue weighted by molar-refractivity contribution is -0.385. The number of anilines is 1. The molecule has 0 aliphatic rings. The number of nitro groups is 1. The molecule has 0 atom stereocenters. The normalized spacial score (nSPS) is 10.1. The Kier molecular flexibility index (Phi) is 4.66. The summed E-state index contributed by atoms with van der Waals surface area (Å²) in [4.78, 5) is 34.2. The van der Waals surface area contributed by atoms with E-state index >= 15 is 0 Å². The molecule has 0 saturated carbocycles. The summed E-state index contributed by atoms with van der Waals surface area (Å²) in [5.74, 6) is -1.33. The number of ketones is 1. The van der Waals surface area contributed by atoms with Gasteiger partial charge in [0, 0.05) is 11.1 Å². The van der Waals surface area contributed by atoms with E-state index in [1.165, 1.54) is 26.0 Å². The highest BCUT2D eigenvalue weighted by Gasteiger charge is 2.26. The topological polar surface area (TPSA) is 126 Å². The molecule has 8 nitrogen and oxygen atoms in total. The molecule has 122 valence electrons. The molecule has 0 aliphatic carbocycles.